The monoisotopic (exact) mass is 439 g/mol. The number of esters is 1. The van der Waals surface area contributed by atoms with Gasteiger partial charge in [-0.1, -0.05) is 110 Å². The van der Waals surface area contributed by atoms with Crippen LogP contribution in [0.4, 0.5) is 4.79 Å². The lowest BCUT2D eigenvalue weighted by Gasteiger charge is -2.16. The average Bonchev–Trinajstić information content (AvgIpc) is 2.76. The molecule has 0 saturated heterocycles. The Kier molecular flexibility index (Phi) is 22.0. The molecule has 0 aromatic rings. The van der Waals surface area contributed by atoms with Gasteiger partial charge >= 0.3 is 12.1 Å². The highest BCUT2D eigenvalue weighted by atomic mass is 16.6. The van der Waals surface area contributed by atoms with Crippen LogP contribution in [0.5, 0.6) is 0 Å². The average molecular weight is 440 g/mol. The Hall–Kier alpha value is -1.52. The van der Waals surface area contributed by atoms with Gasteiger partial charge in [-0.3, -0.25) is 0 Å². The van der Waals surface area contributed by atoms with Crippen molar-refractivity contribution in [1.29, 1.82) is 0 Å². The van der Waals surface area contributed by atoms with Crippen molar-refractivity contribution in [2.45, 2.75) is 129 Å². The summed E-state index contributed by atoms with van der Waals surface area (Å²) >= 11 is 0. The second-order valence-corrected chi connectivity index (χ2v) is 8.47. The number of hydrogen-bond donors (Lipinski definition) is 1. The van der Waals surface area contributed by atoms with Crippen LogP contribution in [0.1, 0.15) is 123 Å². The summed E-state index contributed by atoms with van der Waals surface area (Å²) < 4.78 is 10.6. The summed E-state index contributed by atoms with van der Waals surface area (Å²) in [5.41, 5.74) is 0. The first kappa shape index (κ1) is 29.5. The number of carbonyl (C=O) groups is 2. The molecule has 0 aliphatic heterocycles. The lowest BCUT2D eigenvalue weighted by Crippen LogP contribution is -2.42. The summed E-state index contributed by atoms with van der Waals surface area (Å²) in [6.07, 6.45) is 20.5. The molecule has 0 aromatic heterocycles. The first-order valence-corrected chi connectivity index (χ1v) is 12.9. The molecule has 0 saturated carbocycles. The minimum Gasteiger partial charge on any atom is -0.464 e. The maximum atomic E-state index is 12.3. The molecule has 0 aliphatic carbocycles. The molecule has 1 atom stereocenters. The van der Waals surface area contributed by atoms with Gasteiger partial charge < -0.3 is 14.8 Å². The molecule has 0 heterocycles. The van der Waals surface area contributed by atoms with Crippen molar-refractivity contribution in [2.75, 3.05) is 13.2 Å². The third-order valence-corrected chi connectivity index (χ3v) is 5.45. The van der Waals surface area contributed by atoms with Crippen LogP contribution >= 0.6 is 0 Å². The number of carbonyl (C=O) groups excluding carboxylic acids is 2. The van der Waals surface area contributed by atoms with Crippen LogP contribution in [0.15, 0.2) is 12.7 Å². The van der Waals surface area contributed by atoms with E-state index in [4.69, 9.17) is 9.47 Å². The SMILES string of the molecule is C=CCC(NC(=O)OCCCCCCCCCC)C(=O)OCCCCCCCCCC. The highest BCUT2D eigenvalue weighted by Crippen LogP contribution is 2.10. The summed E-state index contributed by atoms with van der Waals surface area (Å²) in [5, 5.41) is 2.62. The van der Waals surface area contributed by atoms with Crippen molar-refractivity contribution in [1.82, 2.24) is 5.32 Å². The summed E-state index contributed by atoms with van der Waals surface area (Å²) in [7, 11) is 0. The summed E-state index contributed by atoms with van der Waals surface area (Å²) in [5.74, 6) is -0.410. The molecule has 5 heteroatoms. The number of ether oxygens (including phenoxy) is 2. The van der Waals surface area contributed by atoms with Crippen LogP contribution < -0.4 is 5.32 Å². The Balaban J connectivity index is 3.81. The predicted octanol–water partition coefficient (Wildman–Crippen LogP) is 7.48. The second kappa shape index (κ2) is 23.1. The number of nitrogens with one attached hydrogen (secondary N) is 1. The molecule has 0 rings (SSSR count). The number of rotatable bonds is 22. The maximum absolute atomic E-state index is 12.3. The van der Waals surface area contributed by atoms with Gasteiger partial charge in [-0.25, -0.2) is 9.59 Å². The van der Waals surface area contributed by atoms with Crippen LogP contribution in [0, 0.1) is 0 Å². The molecule has 1 N–H and O–H groups in total. The normalized spacial score (nSPS) is 11.7. The minimum atomic E-state index is -0.724. The quantitative estimate of drug-likeness (QED) is 0.108. The molecule has 0 aromatic carbocycles. The summed E-state index contributed by atoms with van der Waals surface area (Å²) in [6, 6.07) is -0.724. The molecule has 182 valence electrons. The lowest BCUT2D eigenvalue weighted by atomic mass is 10.1. The zero-order chi connectivity index (χ0) is 23.0. The smallest absolute Gasteiger partial charge is 0.407 e. The van der Waals surface area contributed by atoms with Gasteiger partial charge in [-0.15, -0.1) is 6.58 Å². The number of unbranched alkanes of at least 4 members (excludes halogenated alkanes) is 14. The zero-order valence-electron chi connectivity index (χ0n) is 20.4. The fourth-order valence-electron chi connectivity index (χ4n) is 3.47. The van der Waals surface area contributed by atoms with Crippen molar-refractivity contribution < 1.29 is 19.1 Å². The zero-order valence-corrected chi connectivity index (χ0v) is 20.4. The third kappa shape index (κ3) is 20.2. The van der Waals surface area contributed by atoms with Crippen LogP contribution in [-0.4, -0.2) is 31.3 Å². The van der Waals surface area contributed by atoms with E-state index in [0.717, 1.165) is 25.7 Å². The first-order chi connectivity index (χ1) is 15.2. The van der Waals surface area contributed by atoms with Gasteiger partial charge in [0, 0.05) is 0 Å². The summed E-state index contributed by atoms with van der Waals surface area (Å²) in [6.45, 7) is 8.89. The molecule has 1 amide bonds. The largest absolute Gasteiger partial charge is 0.464 e. The Morgan fingerprint density at radius 1 is 0.710 bits per heavy atom. The van der Waals surface area contributed by atoms with Crippen LogP contribution in [0.2, 0.25) is 0 Å². The van der Waals surface area contributed by atoms with Crippen molar-refractivity contribution in [2.24, 2.45) is 0 Å². The highest BCUT2D eigenvalue weighted by molar-refractivity contribution is 5.81. The molecular weight excluding hydrogens is 390 g/mol. The molecule has 0 fully saturated rings. The molecule has 0 aliphatic rings. The minimum absolute atomic E-state index is 0.336. The highest BCUT2D eigenvalue weighted by Gasteiger charge is 2.21. The molecule has 0 spiro atoms. The van der Waals surface area contributed by atoms with Gasteiger partial charge in [0.2, 0.25) is 0 Å². The molecule has 31 heavy (non-hydrogen) atoms. The van der Waals surface area contributed by atoms with Crippen molar-refractivity contribution >= 4 is 12.1 Å². The number of amides is 1. The van der Waals surface area contributed by atoms with E-state index in [-0.39, 0.29) is 0 Å². The first-order valence-electron chi connectivity index (χ1n) is 12.9. The van der Waals surface area contributed by atoms with E-state index in [0.29, 0.717) is 19.6 Å². The van der Waals surface area contributed by atoms with E-state index < -0.39 is 18.1 Å². The van der Waals surface area contributed by atoms with Crippen LogP contribution in [0.3, 0.4) is 0 Å². The molecule has 0 radical (unpaired) electrons. The van der Waals surface area contributed by atoms with Gasteiger partial charge in [0.25, 0.3) is 0 Å². The maximum Gasteiger partial charge on any atom is 0.407 e. The van der Waals surface area contributed by atoms with Crippen molar-refractivity contribution in [3.8, 4) is 0 Å². The predicted molar refractivity (Wildman–Crippen MR) is 129 cm³/mol. The Bertz CT molecular complexity index is 439. The molecular formula is C26H49NO4. The standard InChI is InChI=1S/C26H49NO4/c1-4-7-9-11-13-15-17-19-22-30-25(28)24(21-6-3)27-26(29)31-23-20-18-16-14-12-10-8-5-2/h6,24H,3-5,7-23H2,1-2H3,(H,27,29). The van der Waals surface area contributed by atoms with E-state index in [1.54, 1.807) is 6.08 Å². The van der Waals surface area contributed by atoms with Crippen LogP contribution in [0.25, 0.3) is 0 Å². The van der Waals surface area contributed by atoms with Gasteiger partial charge in [-0.2, -0.15) is 0 Å². The van der Waals surface area contributed by atoms with Crippen molar-refractivity contribution in [3.05, 3.63) is 12.7 Å². The van der Waals surface area contributed by atoms with E-state index >= 15 is 0 Å². The topological polar surface area (TPSA) is 64.6 Å². The van der Waals surface area contributed by atoms with E-state index in [1.165, 1.54) is 77.0 Å². The van der Waals surface area contributed by atoms with Gasteiger partial charge in [-0.05, 0) is 19.3 Å². The summed E-state index contributed by atoms with van der Waals surface area (Å²) in [4.78, 5) is 24.2. The van der Waals surface area contributed by atoms with E-state index in [9.17, 15) is 9.59 Å². The molecule has 5 nitrogen and oxygen atoms in total. The lowest BCUT2D eigenvalue weighted by molar-refractivity contribution is -0.146. The third-order valence-electron chi connectivity index (χ3n) is 5.45. The Morgan fingerprint density at radius 2 is 1.13 bits per heavy atom. The molecule has 0 bridgehead atoms. The Morgan fingerprint density at radius 3 is 1.58 bits per heavy atom. The van der Waals surface area contributed by atoms with E-state index in [2.05, 4.69) is 25.7 Å². The van der Waals surface area contributed by atoms with Crippen molar-refractivity contribution in [3.63, 3.8) is 0 Å². The second-order valence-electron chi connectivity index (χ2n) is 8.47. The van der Waals surface area contributed by atoms with Gasteiger partial charge in [0.05, 0.1) is 13.2 Å². The number of alkyl carbamates (subject to hydrolysis) is 1. The van der Waals surface area contributed by atoms with E-state index in [1.807, 2.05) is 0 Å². The van der Waals surface area contributed by atoms with Crippen LogP contribution in [-0.2, 0) is 14.3 Å². The van der Waals surface area contributed by atoms with Gasteiger partial charge in [0.1, 0.15) is 6.04 Å². The fraction of sp³-hybridized carbons (Fsp3) is 0.846. The fourth-order valence-corrected chi connectivity index (χ4v) is 3.47. The number of hydrogen-bond acceptors (Lipinski definition) is 4. The van der Waals surface area contributed by atoms with Gasteiger partial charge in [0.15, 0.2) is 0 Å². The molecule has 1 unspecified atom stereocenters. The Labute approximate surface area is 191 Å².